The van der Waals surface area contributed by atoms with Crippen LogP contribution >= 0.6 is 0 Å². The fourth-order valence-electron chi connectivity index (χ4n) is 3.65. The third-order valence-electron chi connectivity index (χ3n) is 4.52. The molecular formula is C13H16O. The number of fused-ring (bicyclic) bond motifs is 2. The van der Waals surface area contributed by atoms with Gasteiger partial charge in [0.1, 0.15) is 0 Å². The summed E-state index contributed by atoms with van der Waals surface area (Å²) in [5.41, 5.74) is 1.77. The average molecular weight is 188 g/mol. The Labute approximate surface area is 84.9 Å². The largest absolute Gasteiger partial charge is 0.295 e. The minimum absolute atomic E-state index is 0.332. The molecule has 3 saturated carbocycles. The summed E-state index contributed by atoms with van der Waals surface area (Å²) in [5, 5.41) is 0. The number of ketones is 1. The first-order valence-corrected chi connectivity index (χ1v) is 5.59. The Hall–Kier alpha value is -0.850. The van der Waals surface area contributed by atoms with Crippen LogP contribution in [-0.4, -0.2) is 5.78 Å². The molecule has 0 aliphatic heterocycles. The van der Waals surface area contributed by atoms with E-state index in [0.29, 0.717) is 17.1 Å². The van der Waals surface area contributed by atoms with Gasteiger partial charge in [-0.05, 0) is 49.0 Å². The highest BCUT2D eigenvalue weighted by atomic mass is 16.1. The van der Waals surface area contributed by atoms with Gasteiger partial charge in [-0.15, -0.1) is 0 Å². The lowest BCUT2D eigenvalue weighted by molar-refractivity contribution is -0.118. The summed E-state index contributed by atoms with van der Waals surface area (Å²) in [7, 11) is 0. The Morgan fingerprint density at radius 2 is 2.36 bits per heavy atom. The Morgan fingerprint density at radius 3 is 3.14 bits per heavy atom. The Bertz CT molecular complexity index is 339. The van der Waals surface area contributed by atoms with Gasteiger partial charge in [0.25, 0.3) is 0 Å². The zero-order valence-corrected chi connectivity index (χ0v) is 8.46. The minimum Gasteiger partial charge on any atom is -0.295 e. The van der Waals surface area contributed by atoms with E-state index in [0.717, 1.165) is 18.8 Å². The predicted octanol–water partition coefficient (Wildman–Crippen LogP) is 2.88. The van der Waals surface area contributed by atoms with E-state index in [9.17, 15) is 4.79 Å². The molecule has 0 heterocycles. The summed E-state index contributed by atoms with van der Waals surface area (Å²) in [6, 6.07) is 0. The van der Waals surface area contributed by atoms with Crippen LogP contribution in [0.2, 0.25) is 0 Å². The maximum absolute atomic E-state index is 11.4. The zero-order valence-electron chi connectivity index (χ0n) is 8.46. The molecule has 1 spiro atoms. The van der Waals surface area contributed by atoms with Crippen LogP contribution in [0.1, 0.15) is 32.1 Å². The van der Waals surface area contributed by atoms with Crippen LogP contribution in [0.15, 0.2) is 24.3 Å². The van der Waals surface area contributed by atoms with Crippen LogP contribution in [0.25, 0.3) is 0 Å². The van der Waals surface area contributed by atoms with E-state index in [1.54, 1.807) is 0 Å². The molecule has 4 aliphatic rings. The van der Waals surface area contributed by atoms with Gasteiger partial charge in [0.15, 0.2) is 5.78 Å². The normalized spacial score (nSPS) is 45.4. The lowest BCUT2D eigenvalue weighted by Gasteiger charge is -2.53. The number of hydrogen-bond donors (Lipinski definition) is 0. The molecule has 0 radical (unpaired) electrons. The first kappa shape index (κ1) is 8.46. The number of allylic oxidation sites excluding steroid dienone is 3. The summed E-state index contributed by atoms with van der Waals surface area (Å²) in [4.78, 5) is 11.4. The van der Waals surface area contributed by atoms with E-state index in [2.05, 4.69) is 12.7 Å². The van der Waals surface area contributed by atoms with Crippen molar-refractivity contribution in [2.24, 2.45) is 17.3 Å². The standard InChI is InChI=1S/C13H16O/c1-9-8-13-4-2-10(9)6-11(13)7-12(14)3-5-13/h3,5,10-11H,1-2,4,6-8H2/t10?,11-,13?/m0/s1. The molecular weight excluding hydrogens is 172 g/mol. The van der Waals surface area contributed by atoms with Crippen LogP contribution in [0, 0.1) is 17.3 Å². The van der Waals surface area contributed by atoms with Crippen molar-refractivity contribution in [1.29, 1.82) is 0 Å². The second kappa shape index (κ2) is 2.59. The monoisotopic (exact) mass is 188 g/mol. The molecule has 3 fully saturated rings. The van der Waals surface area contributed by atoms with E-state index >= 15 is 0 Å². The Morgan fingerprint density at radius 1 is 1.50 bits per heavy atom. The third kappa shape index (κ3) is 0.985. The summed E-state index contributed by atoms with van der Waals surface area (Å²) < 4.78 is 0. The first-order valence-electron chi connectivity index (χ1n) is 5.59. The maximum Gasteiger partial charge on any atom is 0.155 e. The fraction of sp³-hybridized carbons (Fsp3) is 0.615. The SMILES string of the molecule is C=C1CC23C=CC(=O)C[C@@H]2CC1CC3. The van der Waals surface area contributed by atoms with Gasteiger partial charge in [0.05, 0.1) is 0 Å². The highest BCUT2D eigenvalue weighted by molar-refractivity contribution is 5.91. The molecule has 1 heteroatoms. The molecule has 0 N–H and O–H groups in total. The van der Waals surface area contributed by atoms with Crippen LogP contribution in [0.3, 0.4) is 0 Å². The Balaban J connectivity index is 2.02. The van der Waals surface area contributed by atoms with E-state index in [4.69, 9.17) is 0 Å². The first-order chi connectivity index (χ1) is 6.70. The molecule has 0 aromatic carbocycles. The molecule has 4 aliphatic carbocycles. The molecule has 4 rings (SSSR count). The van der Waals surface area contributed by atoms with Crippen molar-refractivity contribution in [3.05, 3.63) is 24.3 Å². The molecule has 0 aromatic rings. The second-order valence-corrected chi connectivity index (χ2v) is 5.24. The molecule has 0 amide bonds. The van der Waals surface area contributed by atoms with Crippen LogP contribution in [-0.2, 0) is 4.79 Å². The molecule has 74 valence electrons. The summed E-state index contributed by atoms with van der Waals surface area (Å²) >= 11 is 0. The van der Waals surface area contributed by atoms with Crippen molar-refractivity contribution >= 4 is 5.78 Å². The number of rotatable bonds is 0. The van der Waals surface area contributed by atoms with Crippen LogP contribution in [0.4, 0.5) is 0 Å². The molecule has 0 aromatic heterocycles. The smallest absolute Gasteiger partial charge is 0.155 e. The van der Waals surface area contributed by atoms with Gasteiger partial charge in [0, 0.05) is 6.42 Å². The van der Waals surface area contributed by atoms with Crippen molar-refractivity contribution < 1.29 is 4.79 Å². The Kier molecular flexibility index (Phi) is 1.56. The van der Waals surface area contributed by atoms with E-state index in [1.807, 2.05) is 6.08 Å². The van der Waals surface area contributed by atoms with Gasteiger partial charge in [-0.25, -0.2) is 0 Å². The third-order valence-corrected chi connectivity index (χ3v) is 4.52. The van der Waals surface area contributed by atoms with Gasteiger partial charge >= 0.3 is 0 Å². The fourth-order valence-corrected chi connectivity index (χ4v) is 3.65. The van der Waals surface area contributed by atoms with Crippen molar-refractivity contribution in [2.45, 2.75) is 32.1 Å². The van der Waals surface area contributed by atoms with Crippen molar-refractivity contribution in [3.63, 3.8) is 0 Å². The highest BCUT2D eigenvalue weighted by Crippen LogP contribution is 2.58. The zero-order chi connectivity index (χ0) is 9.76. The van der Waals surface area contributed by atoms with Gasteiger partial charge in [-0.1, -0.05) is 18.2 Å². The van der Waals surface area contributed by atoms with Gasteiger partial charge < -0.3 is 0 Å². The van der Waals surface area contributed by atoms with Crippen molar-refractivity contribution in [2.75, 3.05) is 0 Å². The van der Waals surface area contributed by atoms with Crippen LogP contribution in [0.5, 0.6) is 0 Å². The van der Waals surface area contributed by atoms with Gasteiger partial charge in [-0.2, -0.15) is 0 Å². The summed E-state index contributed by atoms with van der Waals surface area (Å²) in [6.07, 6.45) is 9.75. The lowest BCUT2D eigenvalue weighted by atomic mass is 9.51. The molecule has 3 atom stereocenters. The summed E-state index contributed by atoms with van der Waals surface area (Å²) in [5.74, 6) is 1.68. The number of carbonyl (C=O) groups excluding carboxylic acids is 1. The quantitative estimate of drug-likeness (QED) is 0.534. The number of hydrogen-bond acceptors (Lipinski definition) is 1. The van der Waals surface area contributed by atoms with Crippen molar-refractivity contribution in [1.82, 2.24) is 0 Å². The van der Waals surface area contributed by atoms with Crippen molar-refractivity contribution in [3.8, 4) is 0 Å². The molecule has 1 nitrogen and oxygen atoms in total. The molecule has 14 heavy (non-hydrogen) atoms. The van der Waals surface area contributed by atoms with Gasteiger partial charge in [0.2, 0.25) is 0 Å². The van der Waals surface area contributed by atoms with E-state index in [-0.39, 0.29) is 0 Å². The predicted molar refractivity (Wildman–Crippen MR) is 55.8 cm³/mol. The van der Waals surface area contributed by atoms with E-state index in [1.165, 1.54) is 24.8 Å². The van der Waals surface area contributed by atoms with Gasteiger partial charge in [-0.3, -0.25) is 4.79 Å². The topological polar surface area (TPSA) is 17.1 Å². The number of carbonyl (C=O) groups is 1. The molecule has 2 unspecified atom stereocenters. The minimum atomic E-state index is 0.332. The lowest BCUT2D eigenvalue weighted by Crippen LogP contribution is -2.44. The summed E-state index contributed by atoms with van der Waals surface area (Å²) in [6.45, 7) is 4.18. The maximum atomic E-state index is 11.4. The molecule has 0 saturated heterocycles. The van der Waals surface area contributed by atoms with Crippen LogP contribution < -0.4 is 0 Å². The average Bonchev–Trinajstić information content (AvgIpc) is 2.17. The van der Waals surface area contributed by atoms with E-state index < -0.39 is 0 Å². The second-order valence-electron chi connectivity index (χ2n) is 5.24. The molecule has 2 bridgehead atoms. The highest BCUT2D eigenvalue weighted by Gasteiger charge is 2.49.